The molecule has 0 aromatic heterocycles. The number of rotatable bonds is 6. The molecule has 0 bridgehead atoms. The topological polar surface area (TPSA) is 75.7 Å². The van der Waals surface area contributed by atoms with Crippen LogP contribution in [0.2, 0.25) is 0 Å². The first-order valence-corrected chi connectivity index (χ1v) is 11.6. The first kappa shape index (κ1) is 22.3. The minimum absolute atomic E-state index is 0.0226. The number of nitrogens with zero attached hydrogens (tertiary/aromatic N) is 1. The predicted molar refractivity (Wildman–Crippen MR) is 117 cm³/mol. The highest BCUT2D eigenvalue weighted by Crippen LogP contribution is 2.29. The first-order valence-electron chi connectivity index (χ1n) is 10.2. The zero-order valence-corrected chi connectivity index (χ0v) is 18.9. The van der Waals surface area contributed by atoms with Crippen LogP contribution in [0.25, 0.3) is 0 Å². The van der Waals surface area contributed by atoms with Crippen LogP contribution in [0.1, 0.15) is 35.1 Å². The number of methoxy groups -OCH3 is 1. The zero-order valence-electron chi connectivity index (χ0n) is 18.1. The number of amides is 1. The van der Waals surface area contributed by atoms with Crippen LogP contribution in [0, 0.1) is 26.7 Å². The van der Waals surface area contributed by atoms with Gasteiger partial charge in [0.05, 0.1) is 12.0 Å². The highest BCUT2D eigenvalue weighted by atomic mass is 32.2. The van der Waals surface area contributed by atoms with Crippen LogP contribution in [-0.4, -0.2) is 38.8 Å². The lowest BCUT2D eigenvalue weighted by molar-refractivity contribution is -0.126. The lowest BCUT2D eigenvalue weighted by Crippen LogP contribution is -2.43. The van der Waals surface area contributed by atoms with Crippen molar-refractivity contribution in [3.63, 3.8) is 0 Å². The second-order valence-electron chi connectivity index (χ2n) is 7.97. The van der Waals surface area contributed by atoms with E-state index in [-0.39, 0.29) is 11.8 Å². The molecule has 1 saturated heterocycles. The number of ether oxygens (including phenoxy) is 1. The number of carbonyl (C=O) groups excluding carboxylic acids is 1. The van der Waals surface area contributed by atoms with E-state index in [4.69, 9.17) is 4.74 Å². The van der Waals surface area contributed by atoms with Crippen LogP contribution in [0.5, 0.6) is 5.75 Å². The number of benzene rings is 2. The highest BCUT2D eigenvalue weighted by Gasteiger charge is 2.33. The van der Waals surface area contributed by atoms with Gasteiger partial charge in [-0.15, -0.1) is 0 Å². The minimum Gasteiger partial charge on any atom is -0.497 e. The zero-order chi connectivity index (χ0) is 21.9. The summed E-state index contributed by atoms with van der Waals surface area (Å²) < 4.78 is 33.0. The largest absolute Gasteiger partial charge is 0.497 e. The number of aryl methyl sites for hydroxylation is 3. The molecule has 0 spiro atoms. The Morgan fingerprint density at radius 1 is 1.07 bits per heavy atom. The molecule has 0 aliphatic carbocycles. The van der Waals surface area contributed by atoms with Crippen molar-refractivity contribution in [1.29, 1.82) is 0 Å². The number of sulfonamides is 1. The van der Waals surface area contributed by atoms with Gasteiger partial charge in [-0.3, -0.25) is 4.79 Å². The third-order valence-electron chi connectivity index (χ3n) is 5.65. The van der Waals surface area contributed by atoms with Crippen LogP contribution < -0.4 is 10.1 Å². The van der Waals surface area contributed by atoms with Crippen molar-refractivity contribution >= 4 is 15.9 Å². The van der Waals surface area contributed by atoms with E-state index < -0.39 is 10.0 Å². The second kappa shape index (κ2) is 9.18. The molecule has 30 heavy (non-hydrogen) atoms. The predicted octanol–water partition coefficient (Wildman–Crippen LogP) is 3.34. The van der Waals surface area contributed by atoms with Crippen LogP contribution in [0.4, 0.5) is 0 Å². The van der Waals surface area contributed by atoms with Gasteiger partial charge in [0.25, 0.3) is 0 Å². The molecule has 2 aromatic carbocycles. The lowest BCUT2D eigenvalue weighted by Gasteiger charge is -2.31. The summed E-state index contributed by atoms with van der Waals surface area (Å²) in [5.41, 5.74) is 3.59. The summed E-state index contributed by atoms with van der Waals surface area (Å²) in [7, 11) is -1.95. The Bertz CT molecular complexity index is 985. The van der Waals surface area contributed by atoms with Crippen LogP contribution in [0.3, 0.4) is 0 Å². The molecule has 1 fully saturated rings. The summed E-state index contributed by atoms with van der Waals surface area (Å²) in [6.45, 7) is 6.81. The molecule has 162 valence electrons. The Hall–Kier alpha value is -2.38. The molecule has 1 aliphatic heterocycles. The molecule has 1 amide bonds. The first-order chi connectivity index (χ1) is 14.2. The summed E-state index contributed by atoms with van der Waals surface area (Å²) in [4.78, 5) is 13.0. The summed E-state index contributed by atoms with van der Waals surface area (Å²) in [5.74, 6) is 0.582. The molecule has 7 heteroatoms. The Morgan fingerprint density at radius 3 is 2.17 bits per heavy atom. The highest BCUT2D eigenvalue weighted by molar-refractivity contribution is 7.89. The maximum atomic E-state index is 13.2. The maximum Gasteiger partial charge on any atom is 0.243 e. The van der Waals surface area contributed by atoms with Crippen molar-refractivity contribution in [2.24, 2.45) is 5.92 Å². The van der Waals surface area contributed by atoms with Gasteiger partial charge >= 0.3 is 0 Å². The van der Waals surface area contributed by atoms with Crippen molar-refractivity contribution in [2.45, 2.75) is 45.1 Å². The summed E-state index contributed by atoms with van der Waals surface area (Å²) in [6.07, 6.45) is 1.05. The monoisotopic (exact) mass is 430 g/mol. The third-order valence-corrected chi connectivity index (χ3v) is 7.86. The number of carbonyl (C=O) groups is 1. The molecular formula is C23H30N2O4S. The molecule has 1 N–H and O–H groups in total. The molecule has 1 heterocycles. The van der Waals surface area contributed by atoms with Gasteiger partial charge in [0.15, 0.2) is 0 Å². The molecule has 3 rings (SSSR count). The van der Waals surface area contributed by atoms with Gasteiger partial charge in [-0.05, 0) is 62.4 Å². The fraction of sp³-hybridized carbons (Fsp3) is 0.435. The van der Waals surface area contributed by atoms with Gasteiger partial charge in [-0.1, -0.05) is 29.8 Å². The van der Waals surface area contributed by atoms with Gasteiger partial charge in [0, 0.05) is 25.6 Å². The van der Waals surface area contributed by atoms with E-state index in [0.29, 0.717) is 37.4 Å². The van der Waals surface area contributed by atoms with Crippen molar-refractivity contribution in [3.05, 3.63) is 58.7 Å². The molecule has 0 radical (unpaired) electrons. The Labute approximate surface area is 179 Å². The Morgan fingerprint density at radius 2 is 1.63 bits per heavy atom. The average Bonchev–Trinajstić information content (AvgIpc) is 2.71. The van der Waals surface area contributed by atoms with Crippen molar-refractivity contribution in [2.75, 3.05) is 20.2 Å². The lowest BCUT2D eigenvalue weighted by atomic mass is 9.97. The molecule has 2 aromatic rings. The van der Waals surface area contributed by atoms with Crippen molar-refractivity contribution < 1.29 is 17.9 Å². The summed E-state index contributed by atoms with van der Waals surface area (Å²) in [5, 5.41) is 2.97. The van der Waals surface area contributed by atoms with Crippen molar-refractivity contribution in [1.82, 2.24) is 9.62 Å². The number of hydrogen-bond acceptors (Lipinski definition) is 4. The van der Waals surface area contributed by atoms with Crippen LogP contribution in [0.15, 0.2) is 41.3 Å². The minimum atomic E-state index is -3.56. The standard InChI is InChI=1S/C23H30N2O4S/c1-16-13-17(2)22(18(3)14-16)30(27,28)25-11-9-20(10-12-25)23(26)24-15-19-5-7-21(29-4)8-6-19/h5-8,13-14,20H,9-12,15H2,1-4H3,(H,24,26). The maximum absolute atomic E-state index is 13.2. The third kappa shape index (κ3) is 4.84. The van der Waals surface area contributed by atoms with E-state index in [2.05, 4.69) is 5.32 Å². The Kier molecular flexibility index (Phi) is 6.83. The van der Waals surface area contributed by atoms with E-state index in [1.165, 1.54) is 4.31 Å². The van der Waals surface area contributed by atoms with E-state index in [9.17, 15) is 13.2 Å². The molecule has 0 saturated carbocycles. The van der Waals surface area contributed by atoms with Gasteiger partial charge in [-0.25, -0.2) is 8.42 Å². The Balaban J connectivity index is 1.59. The van der Waals surface area contributed by atoms with E-state index in [0.717, 1.165) is 28.0 Å². The molecule has 1 aliphatic rings. The average molecular weight is 431 g/mol. The second-order valence-corrected chi connectivity index (χ2v) is 9.85. The van der Waals surface area contributed by atoms with E-state index in [1.807, 2.05) is 57.2 Å². The van der Waals surface area contributed by atoms with Crippen molar-refractivity contribution in [3.8, 4) is 5.75 Å². The smallest absolute Gasteiger partial charge is 0.243 e. The van der Waals surface area contributed by atoms with Crippen LogP contribution >= 0.6 is 0 Å². The van der Waals surface area contributed by atoms with Gasteiger partial charge in [0.1, 0.15) is 5.75 Å². The molecule has 0 unspecified atom stereocenters. The fourth-order valence-electron chi connectivity index (χ4n) is 4.14. The van der Waals surface area contributed by atoms with Gasteiger partial charge in [0.2, 0.25) is 15.9 Å². The molecular weight excluding hydrogens is 400 g/mol. The summed E-state index contributed by atoms with van der Waals surface area (Å²) in [6, 6.07) is 11.4. The number of nitrogens with one attached hydrogen (secondary N) is 1. The van der Waals surface area contributed by atoms with E-state index in [1.54, 1.807) is 7.11 Å². The van der Waals surface area contributed by atoms with E-state index >= 15 is 0 Å². The fourth-order valence-corrected chi connectivity index (χ4v) is 6.02. The van der Waals surface area contributed by atoms with Gasteiger partial charge < -0.3 is 10.1 Å². The number of piperidine rings is 1. The van der Waals surface area contributed by atoms with Crippen LogP contribution in [-0.2, 0) is 21.4 Å². The summed E-state index contributed by atoms with van der Waals surface area (Å²) >= 11 is 0. The quantitative estimate of drug-likeness (QED) is 0.763. The number of hydrogen-bond donors (Lipinski definition) is 1. The SMILES string of the molecule is COc1ccc(CNC(=O)C2CCN(S(=O)(=O)c3c(C)cc(C)cc3C)CC2)cc1. The van der Waals surface area contributed by atoms with Gasteiger partial charge in [-0.2, -0.15) is 4.31 Å². The molecule has 0 atom stereocenters. The normalized spacial score (nSPS) is 15.7. The molecule has 6 nitrogen and oxygen atoms in total.